The summed E-state index contributed by atoms with van der Waals surface area (Å²) in [6.07, 6.45) is -4.19. The molecule has 1 N–H and O–H groups in total. The van der Waals surface area contributed by atoms with Crippen LogP contribution in [0.3, 0.4) is 0 Å². The van der Waals surface area contributed by atoms with Gasteiger partial charge < -0.3 is 19.3 Å². The normalized spacial score (nSPS) is 22.6. The fraction of sp³-hybridized carbons (Fsp3) is 0.444. The van der Waals surface area contributed by atoms with Crippen molar-refractivity contribution in [1.29, 1.82) is 0 Å². The minimum absolute atomic E-state index is 0.0405. The van der Waals surface area contributed by atoms with Crippen LogP contribution >= 0.6 is 0 Å². The fourth-order valence-corrected chi connectivity index (χ4v) is 2.75. The SMILES string of the molecule is C=CC(=O)OCC1CCC(OC(=O)c2ccc(OC(F)(F)F)cc2)C(O)C1. The summed E-state index contributed by atoms with van der Waals surface area (Å²) in [4.78, 5) is 23.2. The van der Waals surface area contributed by atoms with Gasteiger partial charge in [-0.25, -0.2) is 9.59 Å². The van der Waals surface area contributed by atoms with Crippen LogP contribution < -0.4 is 4.74 Å². The predicted molar refractivity (Wildman–Crippen MR) is 86.8 cm³/mol. The number of esters is 2. The number of ether oxygens (including phenoxy) is 3. The molecule has 9 heteroatoms. The average Bonchev–Trinajstić information content (AvgIpc) is 2.60. The molecule has 3 unspecified atom stereocenters. The summed E-state index contributed by atoms with van der Waals surface area (Å²) in [7, 11) is 0. The van der Waals surface area contributed by atoms with Crippen LogP contribution in [-0.4, -0.2) is 42.2 Å². The van der Waals surface area contributed by atoms with E-state index in [9.17, 15) is 27.9 Å². The average molecular weight is 388 g/mol. The molecule has 2 rings (SSSR count). The van der Waals surface area contributed by atoms with Crippen LogP contribution in [0.5, 0.6) is 5.75 Å². The van der Waals surface area contributed by atoms with E-state index in [4.69, 9.17) is 9.47 Å². The molecule has 27 heavy (non-hydrogen) atoms. The molecule has 148 valence electrons. The first kappa shape index (κ1) is 20.8. The van der Waals surface area contributed by atoms with E-state index in [0.29, 0.717) is 19.3 Å². The van der Waals surface area contributed by atoms with Gasteiger partial charge in [-0.05, 0) is 49.4 Å². The summed E-state index contributed by atoms with van der Waals surface area (Å²) in [5, 5.41) is 10.1. The number of hydrogen-bond acceptors (Lipinski definition) is 6. The molecule has 1 saturated carbocycles. The van der Waals surface area contributed by atoms with Gasteiger partial charge in [0.2, 0.25) is 0 Å². The van der Waals surface area contributed by atoms with E-state index in [1.807, 2.05) is 0 Å². The molecule has 1 aliphatic carbocycles. The van der Waals surface area contributed by atoms with E-state index in [1.54, 1.807) is 0 Å². The molecule has 1 aliphatic rings. The Hall–Kier alpha value is -2.55. The number of rotatable bonds is 6. The molecular weight excluding hydrogens is 369 g/mol. The van der Waals surface area contributed by atoms with Crippen LogP contribution in [0, 0.1) is 5.92 Å². The molecule has 1 fully saturated rings. The van der Waals surface area contributed by atoms with Gasteiger partial charge in [0, 0.05) is 6.08 Å². The lowest BCUT2D eigenvalue weighted by Gasteiger charge is -2.32. The standard InChI is InChI=1S/C18H19F3O6/c1-2-16(23)25-10-11-3-8-15(14(22)9-11)26-17(24)12-4-6-13(7-5-12)27-18(19,20)21/h2,4-7,11,14-15,22H,1,3,8-10H2. The molecule has 3 atom stereocenters. The molecule has 0 aromatic heterocycles. The van der Waals surface area contributed by atoms with Crippen LogP contribution in [0.15, 0.2) is 36.9 Å². The van der Waals surface area contributed by atoms with Gasteiger partial charge in [0.25, 0.3) is 0 Å². The van der Waals surface area contributed by atoms with Gasteiger partial charge in [0.15, 0.2) is 0 Å². The van der Waals surface area contributed by atoms with Gasteiger partial charge in [-0.1, -0.05) is 6.58 Å². The molecule has 0 saturated heterocycles. The lowest BCUT2D eigenvalue weighted by atomic mass is 9.86. The number of carbonyl (C=O) groups excluding carboxylic acids is 2. The van der Waals surface area contributed by atoms with Crippen molar-refractivity contribution in [2.45, 2.75) is 37.8 Å². The first-order valence-electron chi connectivity index (χ1n) is 8.22. The number of aliphatic hydroxyl groups is 1. The third-order valence-corrected chi connectivity index (χ3v) is 4.07. The molecular formula is C18H19F3O6. The molecule has 0 radical (unpaired) electrons. The highest BCUT2D eigenvalue weighted by Crippen LogP contribution is 2.28. The van der Waals surface area contributed by atoms with Crippen molar-refractivity contribution in [2.75, 3.05) is 6.61 Å². The molecule has 0 amide bonds. The van der Waals surface area contributed by atoms with Crippen molar-refractivity contribution < 1.29 is 42.1 Å². The largest absolute Gasteiger partial charge is 0.573 e. The van der Waals surface area contributed by atoms with Crippen molar-refractivity contribution in [3.05, 3.63) is 42.5 Å². The summed E-state index contributed by atoms with van der Waals surface area (Å²) < 4.78 is 50.3. The quantitative estimate of drug-likeness (QED) is 0.596. The van der Waals surface area contributed by atoms with Gasteiger partial charge in [-0.2, -0.15) is 0 Å². The van der Waals surface area contributed by atoms with Crippen molar-refractivity contribution in [2.24, 2.45) is 5.92 Å². The summed E-state index contributed by atoms with van der Waals surface area (Å²) in [6, 6.07) is 4.31. The third-order valence-electron chi connectivity index (χ3n) is 4.07. The Morgan fingerprint density at radius 1 is 1.22 bits per heavy atom. The smallest absolute Gasteiger partial charge is 0.462 e. The predicted octanol–water partition coefficient (Wildman–Crippen LogP) is 3.00. The summed E-state index contributed by atoms with van der Waals surface area (Å²) in [5.74, 6) is -1.81. The topological polar surface area (TPSA) is 82.1 Å². The van der Waals surface area contributed by atoms with Crippen molar-refractivity contribution in [1.82, 2.24) is 0 Å². The molecule has 0 aliphatic heterocycles. The Bertz CT molecular complexity index is 671. The maximum Gasteiger partial charge on any atom is 0.573 e. The minimum atomic E-state index is -4.81. The van der Waals surface area contributed by atoms with E-state index in [2.05, 4.69) is 11.3 Å². The Morgan fingerprint density at radius 2 is 1.89 bits per heavy atom. The zero-order valence-electron chi connectivity index (χ0n) is 14.3. The van der Waals surface area contributed by atoms with Crippen LogP contribution in [0.2, 0.25) is 0 Å². The fourth-order valence-electron chi connectivity index (χ4n) is 2.75. The zero-order chi connectivity index (χ0) is 20.0. The molecule has 0 heterocycles. The first-order chi connectivity index (χ1) is 12.7. The molecule has 1 aromatic rings. The van der Waals surface area contributed by atoms with Crippen LogP contribution in [0.4, 0.5) is 13.2 Å². The maximum atomic E-state index is 12.1. The lowest BCUT2D eigenvalue weighted by molar-refractivity contribution is -0.274. The molecule has 6 nitrogen and oxygen atoms in total. The highest BCUT2D eigenvalue weighted by molar-refractivity contribution is 5.89. The zero-order valence-corrected chi connectivity index (χ0v) is 14.3. The van der Waals surface area contributed by atoms with Gasteiger partial charge in [0.1, 0.15) is 11.9 Å². The van der Waals surface area contributed by atoms with E-state index in [0.717, 1.165) is 30.3 Å². The second kappa shape index (κ2) is 8.90. The Labute approximate surface area is 153 Å². The second-order valence-electron chi connectivity index (χ2n) is 6.10. The number of carbonyl (C=O) groups is 2. The van der Waals surface area contributed by atoms with E-state index < -0.39 is 36.3 Å². The van der Waals surface area contributed by atoms with Gasteiger partial charge >= 0.3 is 18.3 Å². The number of halogens is 3. The Kier molecular flexibility index (Phi) is 6.84. The minimum Gasteiger partial charge on any atom is -0.462 e. The number of aliphatic hydroxyl groups excluding tert-OH is 1. The number of benzene rings is 1. The third kappa shape index (κ3) is 6.59. The van der Waals surface area contributed by atoms with Crippen LogP contribution in [0.25, 0.3) is 0 Å². The monoisotopic (exact) mass is 388 g/mol. The van der Waals surface area contributed by atoms with Crippen molar-refractivity contribution >= 4 is 11.9 Å². The van der Waals surface area contributed by atoms with Gasteiger partial charge in [0.05, 0.1) is 18.3 Å². The highest BCUT2D eigenvalue weighted by Gasteiger charge is 2.33. The van der Waals surface area contributed by atoms with Gasteiger partial charge in [-0.3, -0.25) is 0 Å². The van der Waals surface area contributed by atoms with Crippen LogP contribution in [-0.2, 0) is 14.3 Å². The van der Waals surface area contributed by atoms with E-state index in [1.165, 1.54) is 0 Å². The molecule has 0 spiro atoms. The Balaban J connectivity index is 1.85. The Morgan fingerprint density at radius 3 is 2.44 bits per heavy atom. The lowest BCUT2D eigenvalue weighted by Crippen LogP contribution is -2.38. The molecule has 0 bridgehead atoms. The van der Waals surface area contributed by atoms with Crippen LogP contribution in [0.1, 0.15) is 29.6 Å². The van der Waals surface area contributed by atoms with E-state index in [-0.39, 0.29) is 18.1 Å². The summed E-state index contributed by atoms with van der Waals surface area (Å²) in [5.41, 5.74) is 0.0405. The van der Waals surface area contributed by atoms with E-state index >= 15 is 0 Å². The summed E-state index contributed by atoms with van der Waals surface area (Å²) >= 11 is 0. The van der Waals surface area contributed by atoms with Crippen molar-refractivity contribution in [3.8, 4) is 5.75 Å². The van der Waals surface area contributed by atoms with Crippen molar-refractivity contribution in [3.63, 3.8) is 0 Å². The number of hydrogen-bond donors (Lipinski definition) is 1. The highest BCUT2D eigenvalue weighted by atomic mass is 19.4. The second-order valence-corrected chi connectivity index (χ2v) is 6.10. The summed E-state index contributed by atoms with van der Waals surface area (Å²) in [6.45, 7) is 3.43. The maximum absolute atomic E-state index is 12.1. The first-order valence-corrected chi connectivity index (χ1v) is 8.22. The molecule has 1 aromatic carbocycles. The number of alkyl halides is 3. The van der Waals surface area contributed by atoms with Gasteiger partial charge in [-0.15, -0.1) is 13.2 Å².